The standard InChI is InChI=1S/C53H72Cl6N2O25/c1-10-11-12-13-14-18-21-78-50(46(68)72-8)22-36(79-30(3)63)40(60-48(70)76-27-52(54,55)56)45(85-50)43(83-34(7)67)39(25-74-24-35-19-16-15-17-20-35)84-51(47(69)73-9)23-37(80-31(4)64)41(61-49(71)77-28-53(57,58)59)44(86-51)42(82-33(6)66)38(81-32(5)65)26-75-29(2)62/h15-17,19-20,36-45H,10-14,18,21-28H2,1-9H3,(H,60,70)(H,61,71)/t36-,37-,38+,39+,40+,41+,42+,43+,44+,45+,50+,51+/m0/s1. The SMILES string of the molecule is CCCCCCCCO[C@]1(C(=O)OC)C[C@H](OC(C)=O)[C@@H](NC(=O)OCC(Cl)(Cl)Cl)[C@H]([C@H](OC(C)=O)[C@@H](COCc2ccccc2)O[C@]2(C(=O)OC)C[C@H](OC(C)=O)[C@@H](NC(=O)OCC(Cl)(Cl)Cl)[C@H]([C@H](OC(C)=O)[C@@H](COC(C)=O)OC(C)=O)O2)O1. The van der Waals surface area contributed by atoms with E-state index in [4.69, 9.17) is 141 Å². The number of alkyl halides is 6. The summed E-state index contributed by atoms with van der Waals surface area (Å²) < 4.78 is 83.1. The monoisotopic (exact) mass is 1350 g/mol. The predicted molar refractivity (Wildman–Crippen MR) is 300 cm³/mol. The Bertz CT molecular complexity index is 2440. The number of ether oxygens (including phenoxy) is 15. The van der Waals surface area contributed by atoms with Crippen LogP contribution in [0.25, 0.3) is 0 Å². The van der Waals surface area contributed by atoms with Crippen molar-refractivity contribution in [1.29, 1.82) is 0 Å². The predicted octanol–water partition coefficient (Wildman–Crippen LogP) is 6.43. The number of carbonyl (C=O) groups excluding carboxylic acids is 10. The van der Waals surface area contributed by atoms with Crippen LogP contribution in [0.4, 0.5) is 9.59 Å². The Morgan fingerprint density at radius 3 is 1.48 bits per heavy atom. The van der Waals surface area contributed by atoms with Crippen LogP contribution in [0.5, 0.6) is 0 Å². The lowest BCUT2D eigenvalue weighted by atomic mass is 9.86. The summed E-state index contributed by atoms with van der Waals surface area (Å²) in [7, 11) is 1.84. The summed E-state index contributed by atoms with van der Waals surface area (Å²) in [6.07, 6.45) is -16.6. The molecular weight excluding hydrogens is 1280 g/mol. The third-order valence-corrected chi connectivity index (χ3v) is 13.0. The molecule has 2 N–H and O–H groups in total. The van der Waals surface area contributed by atoms with Crippen LogP contribution in [-0.2, 0) is 116 Å². The lowest BCUT2D eigenvalue weighted by Gasteiger charge is -2.51. The van der Waals surface area contributed by atoms with Crippen molar-refractivity contribution in [3.63, 3.8) is 0 Å². The average Bonchev–Trinajstić information content (AvgIpc) is 1.01. The van der Waals surface area contributed by atoms with Gasteiger partial charge in [0.2, 0.25) is 7.59 Å². The van der Waals surface area contributed by atoms with E-state index in [0.29, 0.717) is 18.4 Å². The zero-order chi connectivity index (χ0) is 64.6. The van der Waals surface area contributed by atoms with Crippen molar-refractivity contribution >= 4 is 130 Å². The van der Waals surface area contributed by atoms with Gasteiger partial charge in [0.25, 0.3) is 11.6 Å². The first-order valence-corrected chi connectivity index (χ1v) is 29.0. The topological polar surface area (TPSA) is 333 Å². The third-order valence-electron chi connectivity index (χ3n) is 12.4. The number of halogens is 6. The minimum atomic E-state index is -3.16. The number of hydrogen-bond acceptors (Lipinski definition) is 25. The van der Waals surface area contributed by atoms with Crippen LogP contribution in [0, 0.1) is 0 Å². The average molecular weight is 1350 g/mol. The van der Waals surface area contributed by atoms with Crippen LogP contribution < -0.4 is 10.6 Å². The molecule has 2 aliphatic heterocycles. The molecular formula is C53H72Cl6N2O25. The fourth-order valence-corrected chi connectivity index (χ4v) is 9.39. The van der Waals surface area contributed by atoms with Gasteiger partial charge in [-0.05, 0) is 12.0 Å². The van der Waals surface area contributed by atoms with Crippen LogP contribution in [0.1, 0.15) is 105 Å². The molecule has 0 saturated carbocycles. The molecule has 0 aromatic heterocycles. The molecule has 0 radical (unpaired) electrons. The number of carbonyl (C=O) groups is 10. The Labute approximate surface area is 526 Å². The number of rotatable bonds is 31. The molecule has 2 fully saturated rings. The van der Waals surface area contributed by atoms with E-state index in [0.717, 1.165) is 81.4 Å². The number of nitrogens with one attached hydrogen (secondary N) is 2. The van der Waals surface area contributed by atoms with Gasteiger partial charge in [-0.1, -0.05) is 139 Å². The first-order valence-electron chi connectivity index (χ1n) is 26.7. The van der Waals surface area contributed by atoms with Gasteiger partial charge in [-0.25, -0.2) is 19.2 Å². The van der Waals surface area contributed by atoms with Crippen LogP contribution in [0.3, 0.4) is 0 Å². The van der Waals surface area contributed by atoms with Crippen molar-refractivity contribution < 1.29 is 119 Å². The number of methoxy groups -OCH3 is 2. The molecule has 33 heteroatoms. The van der Waals surface area contributed by atoms with Gasteiger partial charge >= 0.3 is 59.9 Å². The second kappa shape index (κ2) is 35.9. The molecule has 86 heavy (non-hydrogen) atoms. The number of esters is 8. The van der Waals surface area contributed by atoms with Crippen molar-refractivity contribution in [3.8, 4) is 0 Å². The van der Waals surface area contributed by atoms with E-state index in [1.165, 1.54) is 0 Å². The summed E-state index contributed by atoms with van der Waals surface area (Å²) in [5.74, 6) is -15.0. The molecule has 2 amide bonds. The molecule has 2 heterocycles. The Hall–Kier alpha value is -4.94. The number of amides is 2. The molecule has 486 valence electrons. The van der Waals surface area contributed by atoms with Gasteiger partial charge in [-0.2, -0.15) is 0 Å². The fraction of sp³-hybridized carbons (Fsp3) is 0.698. The largest absolute Gasteiger partial charge is 0.465 e. The zero-order valence-corrected chi connectivity index (χ0v) is 53.1. The van der Waals surface area contributed by atoms with Gasteiger partial charge in [0, 0.05) is 41.5 Å². The zero-order valence-electron chi connectivity index (χ0n) is 48.5. The van der Waals surface area contributed by atoms with Crippen LogP contribution in [-0.4, -0.2) is 187 Å². The minimum Gasteiger partial charge on any atom is -0.465 e. The summed E-state index contributed by atoms with van der Waals surface area (Å²) in [6.45, 7) is 3.61. The Kier molecular flexibility index (Phi) is 31.4. The van der Waals surface area contributed by atoms with E-state index in [1.54, 1.807) is 30.3 Å². The molecule has 27 nitrogen and oxygen atoms in total. The maximum atomic E-state index is 15.0. The normalized spacial score (nSPS) is 23.5. The van der Waals surface area contributed by atoms with Gasteiger partial charge in [-0.3, -0.25) is 28.8 Å². The Morgan fingerprint density at radius 2 is 1.02 bits per heavy atom. The van der Waals surface area contributed by atoms with Crippen LogP contribution in [0.2, 0.25) is 0 Å². The maximum absolute atomic E-state index is 15.0. The van der Waals surface area contributed by atoms with E-state index in [1.807, 2.05) is 6.92 Å². The first kappa shape index (κ1) is 75.3. The van der Waals surface area contributed by atoms with Crippen molar-refractivity contribution in [2.75, 3.05) is 47.3 Å². The Balaban J connectivity index is 2.58. The maximum Gasteiger partial charge on any atom is 0.407 e. The lowest BCUT2D eigenvalue weighted by molar-refractivity contribution is -0.348. The molecule has 12 atom stereocenters. The molecule has 0 unspecified atom stereocenters. The first-order chi connectivity index (χ1) is 40.3. The van der Waals surface area contributed by atoms with E-state index in [9.17, 15) is 43.2 Å². The molecule has 2 aliphatic rings. The number of alkyl carbamates (subject to hydrolysis) is 2. The molecule has 0 bridgehead atoms. The second-order valence-electron chi connectivity index (χ2n) is 19.5. The third kappa shape index (κ3) is 25.6. The number of hydrogen-bond donors (Lipinski definition) is 2. The highest BCUT2D eigenvalue weighted by Gasteiger charge is 2.64. The lowest BCUT2D eigenvalue weighted by Crippen LogP contribution is -2.72. The summed E-state index contributed by atoms with van der Waals surface area (Å²) in [4.78, 5) is 135. The van der Waals surface area contributed by atoms with Gasteiger partial charge in [-0.15, -0.1) is 0 Å². The van der Waals surface area contributed by atoms with Crippen molar-refractivity contribution in [3.05, 3.63) is 35.9 Å². The molecule has 1 aromatic rings. The number of unbranched alkanes of at least 4 members (excludes halogenated alkanes) is 5. The smallest absolute Gasteiger partial charge is 0.407 e. The van der Waals surface area contributed by atoms with E-state index < -0.39 is 179 Å². The minimum absolute atomic E-state index is 0.205. The van der Waals surface area contributed by atoms with Crippen LogP contribution in [0.15, 0.2) is 30.3 Å². The van der Waals surface area contributed by atoms with Crippen LogP contribution >= 0.6 is 69.6 Å². The summed E-state index contributed by atoms with van der Waals surface area (Å²) in [6, 6.07) is 4.60. The van der Waals surface area contributed by atoms with Gasteiger partial charge in [0.1, 0.15) is 50.3 Å². The molecule has 0 spiro atoms. The second-order valence-corrected chi connectivity index (χ2v) is 24.5. The van der Waals surface area contributed by atoms with Crippen molar-refractivity contribution in [2.24, 2.45) is 0 Å². The van der Waals surface area contributed by atoms with Gasteiger partial charge in [0.05, 0.1) is 59.0 Å². The highest BCUT2D eigenvalue weighted by atomic mass is 35.6. The summed E-state index contributed by atoms with van der Waals surface area (Å²) in [5, 5.41) is 4.84. The van der Waals surface area contributed by atoms with Gasteiger partial charge in [0.15, 0.2) is 18.3 Å². The number of benzene rings is 1. The van der Waals surface area contributed by atoms with Crippen molar-refractivity contribution in [2.45, 2.75) is 187 Å². The summed E-state index contributed by atoms with van der Waals surface area (Å²) in [5.41, 5.74) is 0.527. The fourth-order valence-electron chi connectivity index (χ4n) is 9.07. The van der Waals surface area contributed by atoms with E-state index in [2.05, 4.69) is 10.6 Å². The molecule has 2 saturated heterocycles. The van der Waals surface area contributed by atoms with Gasteiger partial charge < -0.3 is 81.7 Å². The Morgan fingerprint density at radius 1 is 0.570 bits per heavy atom. The highest BCUT2D eigenvalue weighted by molar-refractivity contribution is 6.68. The molecule has 0 aliphatic carbocycles. The van der Waals surface area contributed by atoms with Crippen molar-refractivity contribution in [1.82, 2.24) is 10.6 Å². The molecule has 3 rings (SSSR count). The highest BCUT2D eigenvalue weighted by Crippen LogP contribution is 2.42. The molecule has 1 aromatic carbocycles. The quantitative estimate of drug-likeness (QED) is 0.0350. The summed E-state index contributed by atoms with van der Waals surface area (Å²) >= 11 is 35.4. The van der Waals surface area contributed by atoms with E-state index >= 15 is 4.79 Å². The van der Waals surface area contributed by atoms with E-state index in [-0.39, 0.29) is 13.2 Å².